The molecule has 0 radical (unpaired) electrons. The highest BCUT2D eigenvalue weighted by atomic mass is 127. The molecule has 1 aliphatic heterocycles. The van der Waals surface area contributed by atoms with E-state index in [1.165, 1.54) is 11.1 Å². The second kappa shape index (κ2) is 14.3. The molecule has 0 spiro atoms. The van der Waals surface area contributed by atoms with Crippen LogP contribution in [0.15, 0.2) is 40.9 Å². The number of halogens is 1. The van der Waals surface area contributed by atoms with Crippen molar-refractivity contribution in [3.63, 3.8) is 0 Å². The third kappa shape index (κ3) is 12.0. The number of amides is 1. The molecule has 0 aliphatic carbocycles. The number of rotatable bonds is 8. The van der Waals surface area contributed by atoms with Crippen LogP contribution >= 0.6 is 24.0 Å². The Labute approximate surface area is 203 Å². The second-order valence-corrected chi connectivity index (χ2v) is 8.20. The zero-order valence-corrected chi connectivity index (χ0v) is 21.5. The number of nitrogens with one attached hydrogen (secondary N) is 3. The smallest absolute Gasteiger partial charge is 0.412 e. The van der Waals surface area contributed by atoms with Gasteiger partial charge < -0.3 is 20.1 Å². The van der Waals surface area contributed by atoms with Gasteiger partial charge in [0, 0.05) is 25.3 Å². The highest BCUT2D eigenvalue weighted by Crippen LogP contribution is 2.13. The van der Waals surface area contributed by atoms with Gasteiger partial charge in [0.2, 0.25) is 0 Å². The molecule has 0 aromatic heterocycles. The predicted molar refractivity (Wildman–Crippen MR) is 138 cm³/mol. The molecule has 1 aromatic carbocycles. The average molecular weight is 544 g/mol. The van der Waals surface area contributed by atoms with Crippen LogP contribution in [0, 0.1) is 0 Å². The number of carbonyl (C=O) groups is 1. The summed E-state index contributed by atoms with van der Waals surface area (Å²) >= 11 is 0. The molecule has 0 unspecified atom stereocenters. The van der Waals surface area contributed by atoms with Gasteiger partial charge in [-0.15, -0.1) is 24.0 Å². The number of benzene rings is 1. The lowest BCUT2D eigenvalue weighted by Gasteiger charge is -2.19. The van der Waals surface area contributed by atoms with E-state index in [2.05, 4.69) is 33.9 Å². The Hall–Kier alpha value is -1.81. The summed E-state index contributed by atoms with van der Waals surface area (Å²) in [7, 11) is 0. The van der Waals surface area contributed by atoms with Crippen molar-refractivity contribution < 1.29 is 14.3 Å². The lowest BCUT2D eigenvalue weighted by molar-refractivity contribution is 0.0636. The first-order chi connectivity index (χ1) is 14.4. The Kier molecular flexibility index (Phi) is 12.5. The molecule has 7 nitrogen and oxygen atoms in total. The molecule has 0 bridgehead atoms. The number of carbonyl (C=O) groups excluding carboxylic acids is 1. The van der Waals surface area contributed by atoms with Gasteiger partial charge in [-0.2, -0.15) is 0 Å². The standard InChI is InChI=1S/C23H36N4O3.HI/c1-5-24-21(26-15-11-19-12-16-29-17-13-19)25-14-10-18-6-8-20(9-7-18)27-22(28)30-23(2,3)4;/h6-9,12H,5,10-11,13-17H2,1-4H3,(H,27,28)(H2,24,25,26);1H. The maximum Gasteiger partial charge on any atom is 0.412 e. The quantitative estimate of drug-likeness (QED) is 0.195. The first kappa shape index (κ1) is 27.2. The largest absolute Gasteiger partial charge is 0.444 e. The first-order valence-electron chi connectivity index (χ1n) is 10.7. The van der Waals surface area contributed by atoms with Gasteiger partial charge in [-0.05, 0) is 64.7 Å². The molecule has 2 rings (SSSR count). The Bertz CT molecular complexity index is 727. The molecular formula is C23H37IN4O3. The number of guanidine groups is 1. The fourth-order valence-electron chi connectivity index (χ4n) is 2.95. The highest BCUT2D eigenvalue weighted by molar-refractivity contribution is 14.0. The van der Waals surface area contributed by atoms with Gasteiger partial charge in [-0.3, -0.25) is 10.3 Å². The summed E-state index contributed by atoms with van der Waals surface area (Å²) in [6.07, 6.45) is 4.57. The lowest BCUT2D eigenvalue weighted by atomic mass is 10.1. The van der Waals surface area contributed by atoms with E-state index >= 15 is 0 Å². The van der Waals surface area contributed by atoms with Crippen molar-refractivity contribution in [2.75, 3.05) is 38.2 Å². The van der Waals surface area contributed by atoms with Crippen molar-refractivity contribution in [3.8, 4) is 0 Å². The summed E-state index contributed by atoms with van der Waals surface area (Å²) in [4.78, 5) is 16.5. The number of nitrogens with zero attached hydrogens (tertiary/aromatic N) is 1. The van der Waals surface area contributed by atoms with E-state index in [-0.39, 0.29) is 24.0 Å². The summed E-state index contributed by atoms with van der Waals surface area (Å²) in [5.74, 6) is 0.841. The zero-order chi connectivity index (χ0) is 21.8. The predicted octanol–water partition coefficient (Wildman–Crippen LogP) is 4.49. The van der Waals surface area contributed by atoms with Gasteiger partial charge in [-0.1, -0.05) is 23.8 Å². The molecule has 174 valence electrons. The third-order valence-electron chi connectivity index (χ3n) is 4.41. The molecule has 0 atom stereocenters. The molecule has 0 saturated carbocycles. The van der Waals surface area contributed by atoms with Crippen LogP contribution in [0.4, 0.5) is 10.5 Å². The molecule has 8 heteroatoms. The second-order valence-electron chi connectivity index (χ2n) is 8.20. The summed E-state index contributed by atoms with van der Waals surface area (Å²) in [5.41, 5.74) is 2.82. The maximum absolute atomic E-state index is 11.8. The minimum absolute atomic E-state index is 0. The normalized spacial score (nSPS) is 14.2. The molecule has 1 heterocycles. The average Bonchev–Trinajstić information content (AvgIpc) is 2.69. The minimum Gasteiger partial charge on any atom is -0.444 e. The van der Waals surface area contributed by atoms with E-state index in [0.29, 0.717) is 0 Å². The summed E-state index contributed by atoms with van der Waals surface area (Å²) in [5, 5.41) is 9.42. The van der Waals surface area contributed by atoms with Crippen molar-refractivity contribution >= 4 is 41.7 Å². The SMILES string of the molecule is CCNC(=NCCC1=CCOCC1)NCCc1ccc(NC(=O)OC(C)(C)C)cc1.I. The van der Waals surface area contributed by atoms with E-state index in [1.807, 2.05) is 45.0 Å². The lowest BCUT2D eigenvalue weighted by Crippen LogP contribution is -2.38. The Morgan fingerprint density at radius 2 is 1.90 bits per heavy atom. The number of hydrogen-bond acceptors (Lipinski definition) is 4. The van der Waals surface area contributed by atoms with Crippen molar-refractivity contribution in [2.24, 2.45) is 4.99 Å². The molecule has 0 saturated heterocycles. The molecule has 1 amide bonds. The topological polar surface area (TPSA) is 84.0 Å². The van der Waals surface area contributed by atoms with Gasteiger partial charge in [0.1, 0.15) is 5.60 Å². The number of hydrogen-bond donors (Lipinski definition) is 3. The van der Waals surface area contributed by atoms with Crippen molar-refractivity contribution in [2.45, 2.75) is 52.6 Å². The van der Waals surface area contributed by atoms with Crippen LogP contribution in [0.1, 0.15) is 46.1 Å². The van der Waals surface area contributed by atoms with Crippen LogP contribution < -0.4 is 16.0 Å². The minimum atomic E-state index is -0.511. The van der Waals surface area contributed by atoms with Crippen LogP contribution in [0.3, 0.4) is 0 Å². The number of aliphatic imine (C=N–C) groups is 1. The Balaban J connectivity index is 0.00000480. The van der Waals surface area contributed by atoms with Gasteiger partial charge in [0.15, 0.2) is 5.96 Å². The van der Waals surface area contributed by atoms with E-state index < -0.39 is 11.7 Å². The van der Waals surface area contributed by atoms with Crippen LogP contribution in [0.25, 0.3) is 0 Å². The third-order valence-corrected chi connectivity index (χ3v) is 4.41. The zero-order valence-electron chi connectivity index (χ0n) is 19.1. The van der Waals surface area contributed by atoms with Gasteiger partial charge in [-0.25, -0.2) is 4.79 Å². The van der Waals surface area contributed by atoms with Crippen molar-refractivity contribution in [1.29, 1.82) is 0 Å². The van der Waals surface area contributed by atoms with E-state index in [0.717, 1.165) is 63.8 Å². The number of ether oxygens (including phenoxy) is 2. The molecule has 3 N–H and O–H groups in total. The summed E-state index contributed by atoms with van der Waals surface area (Å²) in [6, 6.07) is 7.80. The molecule has 31 heavy (non-hydrogen) atoms. The number of anilines is 1. The summed E-state index contributed by atoms with van der Waals surface area (Å²) < 4.78 is 10.6. The monoisotopic (exact) mass is 544 g/mol. The van der Waals surface area contributed by atoms with Crippen LogP contribution in [0.2, 0.25) is 0 Å². The fourth-order valence-corrected chi connectivity index (χ4v) is 2.95. The Morgan fingerprint density at radius 1 is 1.16 bits per heavy atom. The van der Waals surface area contributed by atoms with Gasteiger partial charge in [0.25, 0.3) is 0 Å². The van der Waals surface area contributed by atoms with E-state index in [4.69, 9.17) is 9.47 Å². The molecular weight excluding hydrogens is 507 g/mol. The molecule has 1 aliphatic rings. The van der Waals surface area contributed by atoms with Crippen molar-refractivity contribution in [3.05, 3.63) is 41.5 Å². The van der Waals surface area contributed by atoms with E-state index in [1.54, 1.807) is 0 Å². The first-order valence-corrected chi connectivity index (χ1v) is 10.7. The van der Waals surface area contributed by atoms with E-state index in [9.17, 15) is 4.79 Å². The maximum atomic E-state index is 11.8. The molecule has 1 aromatic rings. The Morgan fingerprint density at radius 3 is 2.52 bits per heavy atom. The summed E-state index contributed by atoms with van der Waals surface area (Å²) in [6.45, 7) is 11.5. The van der Waals surface area contributed by atoms with Crippen LogP contribution in [0.5, 0.6) is 0 Å². The van der Waals surface area contributed by atoms with Crippen LogP contribution in [-0.4, -0.2) is 50.5 Å². The molecule has 0 fully saturated rings. The highest BCUT2D eigenvalue weighted by Gasteiger charge is 2.16. The van der Waals surface area contributed by atoms with Crippen LogP contribution in [-0.2, 0) is 15.9 Å². The van der Waals surface area contributed by atoms with Crippen molar-refractivity contribution in [1.82, 2.24) is 10.6 Å². The van der Waals surface area contributed by atoms with Gasteiger partial charge >= 0.3 is 6.09 Å². The van der Waals surface area contributed by atoms with Gasteiger partial charge in [0.05, 0.1) is 13.2 Å². The fraction of sp³-hybridized carbons (Fsp3) is 0.565.